The van der Waals surface area contributed by atoms with Crippen LogP contribution in [-0.4, -0.2) is 74.7 Å². The van der Waals surface area contributed by atoms with Crippen molar-refractivity contribution in [3.63, 3.8) is 0 Å². The highest BCUT2D eigenvalue weighted by molar-refractivity contribution is 7.81. The van der Waals surface area contributed by atoms with Crippen LogP contribution in [0.25, 0.3) is 0 Å². The summed E-state index contributed by atoms with van der Waals surface area (Å²) in [4.78, 5) is 29.8. The predicted octanol–water partition coefficient (Wildman–Crippen LogP) is 0.493. The van der Waals surface area contributed by atoms with Gasteiger partial charge in [-0.05, 0) is 13.1 Å². The molecule has 2 aliphatic heterocycles. The standard InChI is InChI=1S/C17H20FN3O5S/c1-19-8-10-20(11-9-19)12-14(21-16(22)6-7-17(21)23)13-4-2-3-5-15(13)26-27(18,24)25/h2-7,14H,8-12H2,1H3. The van der Waals surface area contributed by atoms with Crippen LogP contribution < -0.4 is 4.18 Å². The number of carbonyl (C=O) groups excluding carboxylic acids is 2. The molecule has 1 aromatic carbocycles. The fraction of sp³-hybridized carbons (Fsp3) is 0.412. The lowest BCUT2D eigenvalue weighted by Gasteiger charge is -2.37. The quantitative estimate of drug-likeness (QED) is 0.510. The molecule has 8 nitrogen and oxygen atoms in total. The molecular weight excluding hydrogens is 377 g/mol. The van der Waals surface area contributed by atoms with E-state index in [0.29, 0.717) is 6.54 Å². The summed E-state index contributed by atoms with van der Waals surface area (Å²) < 4.78 is 39.6. The molecule has 2 amide bonds. The molecule has 0 saturated carbocycles. The van der Waals surface area contributed by atoms with Gasteiger partial charge in [-0.3, -0.25) is 19.4 Å². The van der Waals surface area contributed by atoms with E-state index in [0.717, 1.165) is 43.2 Å². The van der Waals surface area contributed by atoms with Crippen LogP contribution in [-0.2, 0) is 20.1 Å². The first-order chi connectivity index (χ1) is 12.7. The summed E-state index contributed by atoms with van der Waals surface area (Å²) in [5, 5.41) is 0. The van der Waals surface area contributed by atoms with E-state index in [-0.39, 0.29) is 11.3 Å². The minimum atomic E-state index is -5.25. The Hall–Kier alpha value is -2.30. The number of nitrogens with zero attached hydrogens (tertiary/aromatic N) is 3. The Morgan fingerprint density at radius 2 is 1.67 bits per heavy atom. The molecule has 27 heavy (non-hydrogen) atoms. The second-order valence-electron chi connectivity index (χ2n) is 6.51. The summed E-state index contributed by atoms with van der Waals surface area (Å²) in [6.07, 6.45) is 2.32. The van der Waals surface area contributed by atoms with Crippen molar-refractivity contribution in [1.29, 1.82) is 0 Å². The number of benzene rings is 1. The Morgan fingerprint density at radius 1 is 1.07 bits per heavy atom. The molecule has 0 spiro atoms. The minimum Gasteiger partial charge on any atom is -0.358 e. The minimum absolute atomic E-state index is 0.244. The van der Waals surface area contributed by atoms with Crippen LogP contribution in [0.4, 0.5) is 3.89 Å². The maximum Gasteiger partial charge on any atom is 0.488 e. The van der Waals surface area contributed by atoms with E-state index in [9.17, 15) is 21.9 Å². The number of carbonyl (C=O) groups is 2. The van der Waals surface area contributed by atoms with Crippen molar-refractivity contribution in [2.24, 2.45) is 0 Å². The number of piperazine rings is 1. The van der Waals surface area contributed by atoms with E-state index >= 15 is 0 Å². The molecule has 0 aliphatic carbocycles. The largest absolute Gasteiger partial charge is 0.488 e. The van der Waals surface area contributed by atoms with Gasteiger partial charge in [-0.2, -0.15) is 8.42 Å². The fourth-order valence-electron chi connectivity index (χ4n) is 3.25. The topological polar surface area (TPSA) is 87.2 Å². The van der Waals surface area contributed by atoms with Gasteiger partial charge >= 0.3 is 10.5 Å². The number of hydrogen-bond donors (Lipinski definition) is 0. The lowest BCUT2D eigenvalue weighted by atomic mass is 10.0. The fourth-order valence-corrected chi connectivity index (χ4v) is 3.62. The SMILES string of the molecule is CN1CCN(CC(c2ccccc2OS(=O)(=O)F)N2C(=O)C=CC2=O)CC1. The lowest BCUT2D eigenvalue weighted by Crippen LogP contribution is -2.48. The first-order valence-electron chi connectivity index (χ1n) is 8.44. The Bertz CT molecular complexity index is 847. The van der Waals surface area contributed by atoms with Gasteiger partial charge in [0.15, 0.2) is 5.75 Å². The molecular formula is C17H20FN3O5S. The number of halogens is 1. The van der Waals surface area contributed by atoms with Crippen LogP contribution in [0.1, 0.15) is 11.6 Å². The highest BCUT2D eigenvalue weighted by Crippen LogP contribution is 2.33. The van der Waals surface area contributed by atoms with Gasteiger partial charge in [-0.15, -0.1) is 0 Å². The molecule has 2 heterocycles. The normalized spacial score (nSPS) is 20.3. The monoisotopic (exact) mass is 397 g/mol. The van der Waals surface area contributed by atoms with Crippen LogP contribution >= 0.6 is 0 Å². The van der Waals surface area contributed by atoms with Crippen molar-refractivity contribution in [3.8, 4) is 5.75 Å². The highest BCUT2D eigenvalue weighted by Gasteiger charge is 2.36. The van der Waals surface area contributed by atoms with Crippen molar-refractivity contribution in [2.45, 2.75) is 6.04 Å². The zero-order valence-corrected chi connectivity index (χ0v) is 15.6. The molecule has 3 rings (SSSR count). The summed E-state index contributed by atoms with van der Waals surface area (Å²) in [5.41, 5.74) is 0.253. The van der Waals surface area contributed by atoms with Crippen LogP contribution in [0.3, 0.4) is 0 Å². The zero-order chi connectivity index (χ0) is 19.6. The molecule has 1 atom stereocenters. The average Bonchev–Trinajstić information content (AvgIpc) is 2.93. The molecule has 1 unspecified atom stereocenters. The van der Waals surface area contributed by atoms with Gasteiger partial charge in [0.25, 0.3) is 11.8 Å². The summed E-state index contributed by atoms with van der Waals surface area (Å²) >= 11 is 0. The lowest BCUT2D eigenvalue weighted by molar-refractivity contribution is -0.140. The summed E-state index contributed by atoms with van der Waals surface area (Å²) in [7, 11) is -3.25. The Labute approximate surface area is 157 Å². The number of para-hydroxylation sites is 1. The van der Waals surface area contributed by atoms with E-state index in [4.69, 9.17) is 0 Å². The number of hydrogen-bond acceptors (Lipinski definition) is 7. The van der Waals surface area contributed by atoms with Gasteiger partial charge in [0, 0.05) is 50.4 Å². The van der Waals surface area contributed by atoms with Gasteiger partial charge in [0.05, 0.1) is 6.04 Å². The molecule has 0 bridgehead atoms. The molecule has 0 radical (unpaired) electrons. The van der Waals surface area contributed by atoms with E-state index < -0.39 is 28.4 Å². The first-order valence-corrected chi connectivity index (χ1v) is 9.74. The van der Waals surface area contributed by atoms with Crippen LogP contribution in [0.15, 0.2) is 36.4 Å². The molecule has 2 aliphatic rings. The third kappa shape index (κ3) is 4.71. The van der Waals surface area contributed by atoms with Crippen molar-refractivity contribution < 1.29 is 26.1 Å². The van der Waals surface area contributed by atoms with Crippen molar-refractivity contribution in [3.05, 3.63) is 42.0 Å². The first kappa shape index (κ1) is 19.5. The highest BCUT2D eigenvalue weighted by atomic mass is 32.3. The number of imide groups is 1. The molecule has 0 aromatic heterocycles. The van der Waals surface area contributed by atoms with Crippen molar-refractivity contribution >= 4 is 22.3 Å². The van der Waals surface area contributed by atoms with Crippen molar-refractivity contribution in [1.82, 2.24) is 14.7 Å². The smallest absolute Gasteiger partial charge is 0.358 e. The van der Waals surface area contributed by atoms with Crippen molar-refractivity contribution in [2.75, 3.05) is 39.8 Å². The Morgan fingerprint density at radius 3 is 2.26 bits per heavy atom. The second kappa shape index (κ2) is 7.75. The molecule has 0 N–H and O–H groups in total. The molecule has 1 saturated heterocycles. The van der Waals surface area contributed by atoms with Crippen LogP contribution in [0, 0.1) is 0 Å². The molecule has 146 valence electrons. The summed E-state index contributed by atoms with van der Waals surface area (Å²) in [5.74, 6) is -1.25. The van der Waals surface area contributed by atoms with Gasteiger partial charge in [0.2, 0.25) is 0 Å². The maximum atomic E-state index is 13.1. The van der Waals surface area contributed by atoms with Crippen LogP contribution in [0.2, 0.25) is 0 Å². The van der Waals surface area contributed by atoms with Gasteiger partial charge in [-0.25, -0.2) is 0 Å². The third-order valence-electron chi connectivity index (χ3n) is 4.65. The number of amides is 2. The van der Waals surface area contributed by atoms with E-state index in [1.54, 1.807) is 6.07 Å². The Balaban J connectivity index is 1.95. The second-order valence-corrected chi connectivity index (χ2v) is 7.47. The maximum absolute atomic E-state index is 13.1. The number of likely N-dealkylation sites (N-methyl/N-ethyl adjacent to an activating group) is 1. The average molecular weight is 397 g/mol. The third-order valence-corrected chi connectivity index (χ3v) is 5.03. The molecule has 1 fully saturated rings. The summed E-state index contributed by atoms with van der Waals surface area (Å²) in [6.45, 7) is 3.38. The van der Waals surface area contributed by atoms with Crippen LogP contribution in [0.5, 0.6) is 5.75 Å². The van der Waals surface area contributed by atoms with Gasteiger partial charge in [0.1, 0.15) is 0 Å². The Kier molecular flexibility index (Phi) is 5.59. The van der Waals surface area contributed by atoms with E-state index in [1.165, 1.54) is 18.2 Å². The van der Waals surface area contributed by atoms with Gasteiger partial charge < -0.3 is 9.08 Å². The molecule has 10 heteroatoms. The molecule has 1 aromatic rings. The summed E-state index contributed by atoms with van der Waals surface area (Å²) in [6, 6.07) is 5.12. The van der Waals surface area contributed by atoms with Gasteiger partial charge in [-0.1, -0.05) is 22.1 Å². The van der Waals surface area contributed by atoms with E-state index in [1.807, 2.05) is 7.05 Å². The predicted molar refractivity (Wildman–Crippen MR) is 94.8 cm³/mol. The zero-order valence-electron chi connectivity index (χ0n) is 14.7. The van der Waals surface area contributed by atoms with E-state index in [2.05, 4.69) is 14.0 Å². The number of rotatable bonds is 6.